The molecule has 5 nitrogen and oxygen atoms in total. The van der Waals surface area contributed by atoms with E-state index in [0.717, 1.165) is 31.6 Å². The molecule has 0 radical (unpaired) electrons. The van der Waals surface area contributed by atoms with Gasteiger partial charge in [0.15, 0.2) is 0 Å². The molecular weight excluding hydrogens is 266 g/mol. The second-order valence-corrected chi connectivity index (χ2v) is 4.75. The molecule has 1 rings (SSSR count). The van der Waals surface area contributed by atoms with Crippen molar-refractivity contribution in [3.05, 3.63) is 29.8 Å². The standard InChI is InChI=1S/C16H25N3O2/c1-4-13-9-7-8-10-14(13)18-16(21)15(20)17-11-12-19(5-2)6-3/h7-10H,4-6,11-12H2,1-3H3,(H,17,20)(H,18,21). The fourth-order valence-electron chi connectivity index (χ4n) is 2.08. The van der Waals surface area contributed by atoms with Crippen molar-refractivity contribution in [3.63, 3.8) is 0 Å². The maximum Gasteiger partial charge on any atom is 0.313 e. The first-order valence-corrected chi connectivity index (χ1v) is 7.51. The number of carbonyl (C=O) groups excluding carboxylic acids is 2. The third kappa shape index (κ3) is 5.55. The monoisotopic (exact) mass is 291 g/mol. The predicted molar refractivity (Wildman–Crippen MR) is 85.2 cm³/mol. The van der Waals surface area contributed by atoms with Crippen LogP contribution in [0.1, 0.15) is 26.3 Å². The highest BCUT2D eigenvalue weighted by Crippen LogP contribution is 2.14. The lowest BCUT2D eigenvalue weighted by molar-refractivity contribution is -0.136. The number of carbonyl (C=O) groups is 2. The molecule has 0 aliphatic heterocycles. The lowest BCUT2D eigenvalue weighted by atomic mass is 10.1. The Labute approximate surface area is 126 Å². The fraction of sp³-hybridized carbons (Fsp3) is 0.500. The summed E-state index contributed by atoms with van der Waals surface area (Å²) in [6.45, 7) is 9.24. The first-order valence-electron chi connectivity index (χ1n) is 7.51. The van der Waals surface area contributed by atoms with Gasteiger partial charge in [-0.1, -0.05) is 39.0 Å². The summed E-state index contributed by atoms with van der Waals surface area (Å²) < 4.78 is 0. The van der Waals surface area contributed by atoms with Gasteiger partial charge in [-0.2, -0.15) is 0 Å². The molecule has 0 bridgehead atoms. The van der Waals surface area contributed by atoms with Gasteiger partial charge in [-0.25, -0.2) is 0 Å². The highest BCUT2D eigenvalue weighted by molar-refractivity contribution is 6.39. The van der Waals surface area contributed by atoms with Gasteiger partial charge in [-0.15, -0.1) is 0 Å². The van der Waals surface area contributed by atoms with Crippen molar-refractivity contribution in [1.29, 1.82) is 0 Å². The van der Waals surface area contributed by atoms with Crippen molar-refractivity contribution in [2.75, 3.05) is 31.5 Å². The molecule has 0 aliphatic carbocycles. The van der Waals surface area contributed by atoms with Crippen LogP contribution in [0.25, 0.3) is 0 Å². The number of hydrogen-bond donors (Lipinski definition) is 2. The van der Waals surface area contributed by atoms with E-state index < -0.39 is 11.8 Å². The number of nitrogens with zero attached hydrogens (tertiary/aromatic N) is 1. The maximum atomic E-state index is 11.9. The summed E-state index contributed by atoms with van der Waals surface area (Å²) in [5.74, 6) is -1.21. The fourth-order valence-corrected chi connectivity index (χ4v) is 2.08. The molecule has 0 atom stereocenters. The smallest absolute Gasteiger partial charge is 0.313 e. The van der Waals surface area contributed by atoms with E-state index in [9.17, 15) is 9.59 Å². The largest absolute Gasteiger partial charge is 0.347 e. The number of amides is 2. The molecule has 0 unspecified atom stereocenters. The van der Waals surface area contributed by atoms with E-state index in [1.54, 1.807) is 6.07 Å². The van der Waals surface area contributed by atoms with Crippen LogP contribution in [0.2, 0.25) is 0 Å². The Morgan fingerprint density at radius 3 is 2.33 bits per heavy atom. The first-order chi connectivity index (χ1) is 10.1. The van der Waals surface area contributed by atoms with Gasteiger partial charge in [0.1, 0.15) is 0 Å². The molecular formula is C16H25N3O2. The van der Waals surface area contributed by atoms with Crippen LogP contribution in [-0.4, -0.2) is 42.9 Å². The minimum atomic E-state index is -0.615. The Kier molecular flexibility index (Phi) is 7.46. The minimum Gasteiger partial charge on any atom is -0.347 e. The number of aryl methyl sites for hydroxylation is 1. The molecule has 1 aromatic carbocycles. The van der Waals surface area contributed by atoms with Crippen LogP contribution in [0.4, 0.5) is 5.69 Å². The first kappa shape index (κ1) is 17.2. The van der Waals surface area contributed by atoms with Gasteiger partial charge in [0.2, 0.25) is 0 Å². The second-order valence-electron chi connectivity index (χ2n) is 4.75. The van der Waals surface area contributed by atoms with E-state index in [-0.39, 0.29) is 0 Å². The van der Waals surface area contributed by atoms with E-state index >= 15 is 0 Å². The van der Waals surface area contributed by atoms with Crippen LogP contribution in [-0.2, 0) is 16.0 Å². The zero-order chi connectivity index (χ0) is 15.7. The SMILES string of the molecule is CCc1ccccc1NC(=O)C(=O)NCCN(CC)CC. The third-order valence-corrected chi connectivity index (χ3v) is 3.46. The van der Waals surface area contributed by atoms with Crippen molar-refractivity contribution in [2.24, 2.45) is 0 Å². The lowest BCUT2D eigenvalue weighted by Crippen LogP contribution is -2.40. The molecule has 0 spiro atoms. The van der Waals surface area contributed by atoms with Crippen LogP contribution in [0.3, 0.4) is 0 Å². The Bertz CT molecular complexity index is 470. The van der Waals surface area contributed by atoms with Gasteiger partial charge in [0, 0.05) is 18.8 Å². The van der Waals surface area contributed by atoms with Crippen LogP contribution in [0, 0.1) is 0 Å². The Morgan fingerprint density at radius 2 is 1.71 bits per heavy atom. The molecule has 0 heterocycles. The van der Waals surface area contributed by atoms with Crippen LogP contribution in [0.15, 0.2) is 24.3 Å². The molecule has 2 amide bonds. The average molecular weight is 291 g/mol. The zero-order valence-corrected chi connectivity index (χ0v) is 13.1. The van der Waals surface area contributed by atoms with Crippen molar-refractivity contribution in [1.82, 2.24) is 10.2 Å². The molecule has 0 saturated carbocycles. The van der Waals surface area contributed by atoms with Crippen LogP contribution < -0.4 is 10.6 Å². The normalized spacial score (nSPS) is 10.5. The summed E-state index contributed by atoms with van der Waals surface area (Å²) in [4.78, 5) is 25.8. The molecule has 0 aromatic heterocycles. The number of benzene rings is 1. The Hall–Kier alpha value is -1.88. The molecule has 0 saturated heterocycles. The molecule has 21 heavy (non-hydrogen) atoms. The number of nitrogens with one attached hydrogen (secondary N) is 2. The number of rotatable bonds is 7. The van der Waals surface area contributed by atoms with Crippen molar-refractivity contribution in [2.45, 2.75) is 27.2 Å². The van der Waals surface area contributed by atoms with E-state index in [1.165, 1.54) is 0 Å². The minimum absolute atomic E-state index is 0.476. The zero-order valence-electron chi connectivity index (χ0n) is 13.1. The second kappa shape index (κ2) is 9.13. The summed E-state index contributed by atoms with van der Waals surface area (Å²) >= 11 is 0. The van der Waals surface area contributed by atoms with E-state index in [1.807, 2.05) is 25.1 Å². The summed E-state index contributed by atoms with van der Waals surface area (Å²) in [5, 5.41) is 5.31. The average Bonchev–Trinajstić information content (AvgIpc) is 2.51. The van der Waals surface area contributed by atoms with Gasteiger partial charge >= 0.3 is 11.8 Å². The maximum absolute atomic E-state index is 11.9. The van der Waals surface area contributed by atoms with Crippen molar-refractivity contribution in [3.8, 4) is 0 Å². The Morgan fingerprint density at radius 1 is 1.05 bits per heavy atom. The number of hydrogen-bond acceptors (Lipinski definition) is 3. The molecule has 5 heteroatoms. The summed E-state index contributed by atoms with van der Waals surface area (Å²) in [7, 11) is 0. The van der Waals surface area contributed by atoms with Crippen LogP contribution >= 0.6 is 0 Å². The van der Waals surface area contributed by atoms with E-state index in [0.29, 0.717) is 12.2 Å². The van der Waals surface area contributed by atoms with Gasteiger partial charge in [-0.3, -0.25) is 9.59 Å². The summed E-state index contributed by atoms with van der Waals surface area (Å²) in [6, 6.07) is 7.50. The van der Waals surface area contributed by atoms with Crippen LogP contribution in [0.5, 0.6) is 0 Å². The molecule has 1 aromatic rings. The number of para-hydroxylation sites is 1. The van der Waals surface area contributed by atoms with E-state index in [2.05, 4.69) is 29.4 Å². The van der Waals surface area contributed by atoms with E-state index in [4.69, 9.17) is 0 Å². The number of anilines is 1. The number of likely N-dealkylation sites (N-methyl/N-ethyl adjacent to an activating group) is 1. The predicted octanol–water partition coefficient (Wildman–Crippen LogP) is 1.65. The van der Waals surface area contributed by atoms with Crippen molar-refractivity contribution < 1.29 is 9.59 Å². The topological polar surface area (TPSA) is 61.4 Å². The highest BCUT2D eigenvalue weighted by atomic mass is 16.2. The van der Waals surface area contributed by atoms with Crippen molar-refractivity contribution >= 4 is 17.5 Å². The summed E-state index contributed by atoms with van der Waals surface area (Å²) in [5.41, 5.74) is 1.71. The molecule has 116 valence electrons. The van der Waals surface area contributed by atoms with Gasteiger partial charge < -0.3 is 15.5 Å². The highest BCUT2D eigenvalue weighted by Gasteiger charge is 2.14. The Balaban J connectivity index is 2.46. The van der Waals surface area contributed by atoms with Gasteiger partial charge in [-0.05, 0) is 31.1 Å². The van der Waals surface area contributed by atoms with Gasteiger partial charge in [0.05, 0.1) is 0 Å². The third-order valence-electron chi connectivity index (χ3n) is 3.46. The summed E-state index contributed by atoms with van der Waals surface area (Å²) in [6.07, 6.45) is 0.806. The molecule has 2 N–H and O–H groups in total. The molecule has 0 fully saturated rings. The quantitative estimate of drug-likeness (QED) is 0.751. The lowest BCUT2D eigenvalue weighted by Gasteiger charge is -2.17. The molecule has 0 aliphatic rings. The van der Waals surface area contributed by atoms with Gasteiger partial charge in [0.25, 0.3) is 0 Å².